The number of aromatic nitrogens is 2. The molecule has 3 aromatic rings. The third-order valence-corrected chi connectivity index (χ3v) is 7.82. The first-order chi connectivity index (χ1) is 19.1. The zero-order valence-electron chi connectivity index (χ0n) is 22.2. The molecule has 0 spiro atoms. The average Bonchev–Trinajstić information content (AvgIpc) is 3.55. The van der Waals surface area contributed by atoms with Crippen molar-refractivity contribution in [2.75, 3.05) is 27.0 Å². The first-order valence-corrected chi connectivity index (χ1v) is 12.9. The van der Waals surface area contributed by atoms with Crippen LogP contribution in [0.5, 0.6) is 11.5 Å². The Bertz CT molecular complexity index is 1680. The van der Waals surface area contributed by atoms with Crippen LogP contribution < -0.4 is 15.0 Å². The molecule has 208 valence electrons. The van der Waals surface area contributed by atoms with Crippen molar-refractivity contribution in [1.82, 2.24) is 14.5 Å². The molecule has 1 N–H and O–H groups in total. The number of hydrogen-bond donors (Lipinski definition) is 1. The fraction of sp³-hybridized carbons (Fsp3) is 0.393. The quantitative estimate of drug-likeness (QED) is 0.350. The number of carbonyl (C=O) groups excluding carboxylic acids is 3. The summed E-state index contributed by atoms with van der Waals surface area (Å²) in [6.07, 6.45) is 0.453. The molecular weight excluding hydrogens is 522 g/mol. The predicted octanol–water partition coefficient (Wildman–Crippen LogP) is 1.37. The second kappa shape index (κ2) is 9.33. The van der Waals surface area contributed by atoms with Crippen LogP contribution in [-0.2, 0) is 49.0 Å². The number of amides is 1. The zero-order chi connectivity index (χ0) is 28.3. The van der Waals surface area contributed by atoms with Gasteiger partial charge in [0, 0.05) is 43.1 Å². The fourth-order valence-electron chi connectivity index (χ4n) is 5.52. The minimum absolute atomic E-state index is 0.0438. The molecule has 0 unspecified atom stereocenters. The maximum absolute atomic E-state index is 13.6. The van der Waals surface area contributed by atoms with E-state index >= 15 is 0 Å². The summed E-state index contributed by atoms with van der Waals surface area (Å²) in [6.45, 7) is 2.93. The molecule has 1 atom stereocenters. The number of benzene rings is 1. The van der Waals surface area contributed by atoms with E-state index < -0.39 is 17.5 Å². The van der Waals surface area contributed by atoms with Crippen LogP contribution in [0.15, 0.2) is 23.0 Å². The number of esters is 2. The molecule has 2 aromatic heterocycles. The molecule has 5 heterocycles. The van der Waals surface area contributed by atoms with Crippen LogP contribution in [-0.4, -0.2) is 64.4 Å². The van der Waals surface area contributed by atoms with Crippen molar-refractivity contribution in [2.45, 2.75) is 45.4 Å². The van der Waals surface area contributed by atoms with Gasteiger partial charge in [-0.05, 0) is 30.5 Å². The SMILES string of the molecule is CC[C@@]1(O)C(=O)OCc2c1cc1n(c2=O)Cc2c-1nc1cc3c(cc1c2CCN(C)C(=O)COC(C)=O)OCO3. The molecule has 0 fully saturated rings. The number of likely N-dealkylation sites (N-methyl/N-ethyl adjacent to an activating group) is 1. The van der Waals surface area contributed by atoms with Gasteiger partial charge in [-0.1, -0.05) is 6.92 Å². The number of cyclic esters (lactones) is 1. The number of ether oxygens (including phenoxy) is 4. The van der Waals surface area contributed by atoms with Crippen LogP contribution in [0.3, 0.4) is 0 Å². The molecule has 12 nitrogen and oxygen atoms in total. The zero-order valence-corrected chi connectivity index (χ0v) is 22.2. The van der Waals surface area contributed by atoms with Crippen LogP contribution in [0.2, 0.25) is 0 Å². The molecule has 6 rings (SSSR count). The van der Waals surface area contributed by atoms with E-state index in [1.165, 1.54) is 11.8 Å². The Morgan fingerprint density at radius 1 is 1.15 bits per heavy atom. The smallest absolute Gasteiger partial charge is 0.343 e. The number of fused-ring (bicyclic) bond motifs is 6. The molecule has 1 amide bonds. The van der Waals surface area contributed by atoms with Crippen molar-refractivity contribution in [3.05, 3.63) is 50.8 Å². The Morgan fingerprint density at radius 3 is 2.62 bits per heavy atom. The van der Waals surface area contributed by atoms with Gasteiger partial charge in [0.25, 0.3) is 11.5 Å². The lowest BCUT2D eigenvalue weighted by molar-refractivity contribution is -0.172. The van der Waals surface area contributed by atoms with Crippen LogP contribution in [0.4, 0.5) is 0 Å². The van der Waals surface area contributed by atoms with Crippen LogP contribution >= 0.6 is 0 Å². The van der Waals surface area contributed by atoms with Crippen molar-refractivity contribution in [3.63, 3.8) is 0 Å². The van der Waals surface area contributed by atoms with Crippen molar-refractivity contribution >= 4 is 28.7 Å². The van der Waals surface area contributed by atoms with Gasteiger partial charge in [-0.25, -0.2) is 9.78 Å². The van der Waals surface area contributed by atoms with Gasteiger partial charge in [-0.2, -0.15) is 0 Å². The number of carbonyl (C=O) groups is 3. The van der Waals surface area contributed by atoms with Crippen molar-refractivity contribution in [1.29, 1.82) is 0 Å². The van der Waals surface area contributed by atoms with Crippen LogP contribution in [0.25, 0.3) is 22.3 Å². The Hall–Kier alpha value is -4.45. The molecule has 0 bridgehead atoms. The summed E-state index contributed by atoms with van der Waals surface area (Å²) in [7, 11) is 1.62. The lowest BCUT2D eigenvalue weighted by atomic mass is 9.86. The van der Waals surface area contributed by atoms with E-state index in [9.17, 15) is 24.3 Å². The van der Waals surface area contributed by atoms with Gasteiger partial charge in [0.05, 0.1) is 29.0 Å². The number of nitrogens with zero attached hydrogens (tertiary/aromatic N) is 3. The van der Waals surface area contributed by atoms with E-state index in [1.54, 1.807) is 30.7 Å². The first-order valence-electron chi connectivity index (χ1n) is 12.9. The number of pyridine rings is 2. The van der Waals surface area contributed by atoms with E-state index in [-0.39, 0.29) is 55.6 Å². The van der Waals surface area contributed by atoms with Crippen molar-refractivity contribution in [3.8, 4) is 22.9 Å². The molecule has 40 heavy (non-hydrogen) atoms. The van der Waals surface area contributed by atoms with E-state index in [0.717, 1.165) is 16.5 Å². The normalized spacial score (nSPS) is 18.1. The number of hydrogen-bond acceptors (Lipinski definition) is 10. The maximum atomic E-state index is 13.6. The summed E-state index contributed by atoms with van der Waals surface area (Å²) < 4.78 is 22.8. The van der Waals surface area contributed by atoms with Crippen LogP contribution in [0.1, 0.15) is 42.5 Å². The second-order valence-electron chi connectivity index (χ2n) is 10.1. The average molecular weight is 550 g/mol. The highest BCUT2D eigenvalue weighted by atomic mass is 16.7. The molecule has 0 saturated heterocycles. The summed E-state index contributed by atoms with van der Waals surface area (Å²) in [5.41, 5.74) is 1.49. The largest absolute Gasteiger partial charge is 0.458 e. The summed E-state index contributed by atoms with van der Waals surface area (Å²) in [5, 5.41) is 12.0. The fourth-order valence-corrected chi connectivity index (χ4v) is 5.52. The highest BCUT2D eigenvalue weighted by Crippen LogP contribution is 2.43. The summed E-state index contributed by atoms with van der Waals surface area (Å²) >= 11 is 0. The van der Waals surface area contributed by atoms with Gasteiger partial charge in [0.2, 0.25) is 6.79 Å². The Labute approximate surface area is 228 Å². The number of aliphatic hydroxyl groups is 1. The van der Waals surface area contributed by atoms with Crippen molar-refractivity contribution < 1.29 is 38.4 Å². The van der Waals surface area contributed by atoms with Gasteiger partial charge in [-0.3, -0.25) is 14.4 Å². The minimum atomic E-state index is -1.93. The Balaban J connectivity index is 1.48. The third-order valence-electron chi connectivity index (χ3n) is 7.82. The lowest BCUT2D eigenvalue weighted by Gasteiger charge is -2.31. The molecule has 0 radical (unpaired) electrons. The highest BCUT2D eigenvalue weighted by Gasteiger charge is 2.45. The summed E-state index contributed by atoms with van der Waals surface area (Å²) in [5.74, 6) is -0.557. The lowest BCUT2D eigenvalue weighted by Crippen LogP contribution is -2.44. The molecule has 12 heteroatoms. The van der Waals surface area contributed by atoms with E-state index in [2.05, 4.69) is 0 Å². The maximum Gasteiger partial charge on any atom is 0.343 e. The second-order valence-corrected chi connectivity index (χ2v) is 10.1. The molecular formula is C28H27N3O9. The van der Waals surface area contributed by atoms with Gasteiger partial charge < -0.3 is 33.5 Å². The van der Waals surface area contributed by atoms with Crippen molar-refractivity contribution in [2.24, 2.45) is 0 Å². The summed E-state index contributed by atoms with van der Waals surface area (Å²) in [4.78, 5) is 56.1. The summed E-state index contributed by atoms with van der Waals surface area (Å²) in [6, 6.07) is 5.28. The Kier molecular flexibility index (Phi) is 6.02. The van der Waals surface area contributed by atoms with Gasteiger partial charge in [0.1, 0.15) is 6.61 Å². The molecule has 3 aliphatic heterocycles. The topological polar surface area (TPSA) is 146 Å². The van der Waals surface area contributed by atoms with Gasteiger partial charge >= 0.3 is 11.9 Å². The Morgan fingerprint density at radius 2 is 1.90 bits per heavy atom. The first kappa shape index (κ1) is 25.8. The van der Waals surface area contributed by atoms with Crippen LogP contribution in [0, 0.1) is 0 Å². The monoisotopic (exact) mass is 549 g/mol. The number of rotatable bonds is 6. The van der Waals surface area contributed by atoms with E-state index in [4.69, 9.17) is 23.9 Å². The predicted molar refractivity (Wildman–Crippen MR) is 139 cm³/mol. The van der Waals surface area contributed by atoms with E-state index in [0.29, 0.717) is 41.4 Å². The molecule has 3 aliphatic rings. The minimum Gasteiger partial charge on any atom is -0.458 e. The van der Waals surface area contributed by atoms with Gasteiger partial charge in [0.15, 0.2) is 23.7 Å². The molecule has 0 saturated carbocycles. The highest BCUT2D eigenvalue weighted by molar-refractivity contribution is 5.91. The van der Waals surface area contributed by atoms with Gasteiger partial charge in [-0.15, -0.1) is 0 Å². The molecule has 0 aliphatic carbocycles. The standard InChI is InChI=1S/C28H27N3O9/c1-4-28(36)19-8-21-25-17(10-31(21)26(34)18(19)11-38-27(28)35)15(5-6-30(3)24(33)12-37-14(2)32)16-7-22-23(40-13-39-22)9-20(16)29-25/h7-9,36H,4-6,10-13H2,1-3H3/t28-/m0/s1. The third kappa shape index (κ3) is 3.89. The molecule has 1 aromatic carbocycles. The van der Waals surface area contributed by atoms with E-state index in [1.807, 2.05) is 6.07 Å².